The van der Waals surface area contributed by atoms with Crippen molar-refractivity contribution >= 4 is 11.6 Å². The molecule has 0 heterocycles. The van der Waals surface area contributed by atoms with Gasteiger partial charge < -0.3 is 4.74 Å². The second-order valence-corrected chi connectivity index (χ2v) is 4.80. The second kappa shape index (κ2) is 6.18. The lowest BCUT2D eigenvalue weighted by atomic mass is 10.0. The highest BCUT2D eigenvalue weighted by atomic mass is 35.5. The third-order valence-electron chi connectivity index (χ3n) is 2.94. The van der Waals surface area contributed by atoms with Crippen molar-refractivity contribution in [1.29, 1.82) is 0 Å². The van der Waals surface area contributed by atoms with Gasteiger partial charge in [-0.2, -0.15) is 0 Å². The van der Waals surface area contributed by atoms with E-state index in [1.807, 2.05) is 0 Å². The molecule has 0 saturated heterocycles. The maximum atomic E-state index is 13.8. The number of ether oxygens (including phenoxy) is 1. The molecule has 0 amide bonds. The van der Waals surface area contributed by atoms with Gasteiger partial charge >= 0.3 is 0 Å². The summed E-state index contributed by atoms with van der Waals surface area (Å²) in [5, 5.41) is -0.740. The topological polar surface area (TPSA) is 9.23 Å². The van der Waals surface area contributed by atoms with Crippen molar-refractivity contribution < 1.29 is 17.9 Å². The molecule has 20 heavy (non-hydrogen) atoms. The zero-order valence-electron chi connectivity index (χ0n) is 10.7. The Kier molecular flexibility index (Phi) is 4.55. The number of alkyl halides is 1. The average Bonchev–Trinajstić information content (AvgIpc) is 2.42. The summed E-state index contributed by atoms with van der Waals surface area (Å²) in [5.74, 6) is -2.05. The number of benzene rings is 2. The van der Waals surface area contributed by atoms with E-state index in [0.29, 0.717) is 11.3 Å². The molecule has 0 aliphatic rings. The predicted molar refractivity (Wildman–Crippen MR) is 71.6 cm³/mol. The number of hydrogen-bond acceptors (Lipinski definition) is 1. The van der Waals surface area contributed by atoms with E-state index in [-0.39, 0.29) is 12.0 Å². The standard InChI is InChI=1S/C15H12ClF3O/c1-20-14-4-2-3-12(18)15(14)10(16)7-9-5-6-11(17)13(19)8-9/h2-6,8,10H,7H2,1H3. The molecule has 5 heteroatoms. The summed E-state index contributed by atoms with van der Waals surface area (Å²) in [5.41, 5.74) is 0.690. The second-order valence-electron chi connectivity index (χ2n) is 4.28. The van der Waals surface area contributed by atoms with Gasteiger partial charge in [0.1, 0.15) is 11.6 Å². The molecule has 0 N–H and O–H groups in total. The van der Waals surface area contributed by atoms with Gasteiger partial charge in [0.25, 0.3) is 0 Å². The van der Waals surface area contributed by atoms with Gasteiger partial charge in [-0.15, -0.1) is 11.6 Å². The van der Waals surface area contributed by atoms with Crippen LogP contribution in [0.2, 0.25) is 0 Å². The highest BCUT2D eigenvalue weighted by Gasteiger charge is 2.19. The molecule has 2 rings (SSSR count). The van der Waals surface area contributed by atoms with Crippen molar-refractivity contribution in [3.63, 3.8) is 0 Å². The van der Waals surface area contributed by atoms with Crippen molar-refractivity contribution in [2.75, 3.05) is 7.11 Å². The van der Waals surface area contributed by atoms with E-state index in [2.05, 4.69) is 0 Å². The number of methoxy groups -OCH3 is 1. The Labute approximate surface area is 119 Å². The van der Waals surface area contributed by atoms with Gasteiger partial charge in [0.2, 0.25) is 0 Å². The quantitative estimate of drug-likeness (QED) is 0.748. The van der Waals surface area contributed by atoms with Crippen LogP contribution >= 0.6 is 11.6 Å². The molecule has 2 aromatic rings. The maximum Gasteiger partial charge on any atom is 0.159 e. The lowest BCUT2D eigenvalue weighted by molar-refractivity contribution is 0.403. The smallest absolute Gasteiger partial charge is 0.159 e. The first-order chi connectivity index (χ1) is 9.52. The van der Waals surface area contributed by atoms with Gasteiger partial charge in [-0.25, -0.2) is 13.2 Å². The maximum absolute atomic E-state index is 13.8. The fraction of sp³-hybridized carbons (Fsp3) is 0.200. The van der Waals surface area contributed by atoms with E-state index in [9.17, 15) is 13.2 Å². The van der Waals surface area contributed by atoms with E-state index in [0.717, 1.165) is 12.1 Å². The average molecular weight is 301 g/mol. The van der Waals surface area contributed by atoms with Crippen molar-refractivity contribution in [2.45, 2.75) is 11.8 Å². The molecule has 1 unspecified atom stereocenters. The minimum absolute atomic E-state index is 0.163. The van der Waals surface area contributed by atoms with Crippen LogP contribution in [0.3, 0.4) is 0 Å². The Morgan fingerprint density at radius 1 is 1.05 bits per heavy atom. The van der Waals surface area contributed by atoms with E-state index in [4.69, 9.17) is 16.3 Å². The van der Waals surface area contributed by atoms with Crippen LogP contribution in [0, 0.1) is 17.5 Å². The summed E-state index contributed by atoms with van der Waals surface area (Å²) in [6.45, 7) is 0. The van der Waals surface area contributed by atoms with Crippen LogP contribution in [0.4, 0.5) is 13.2 Å². The normalized spacial score (nSPS) is 12.2. The van der Waals surface area contributed by atoms with E-state index >= 15 is 0 Å². The highest BCUT2D eigenvalue weighted by molar-refractivity contribution is 6.21. The van der Waals surface area contributed by atoms with Gasteiger partial charge in [-0.1, -0.05) is 12.1 Å². The van der Waals surface area contributed by atoms with E-state index in [1.165, 1.54) is 25.3 Å². The van der Waals surface area contributed by atoms with Gasteiger partial charge in [0.05, 0.1) is 12.5 Å². The Bertz CT molecular complexity index is 616. The van der Waals surface area contributed by atoms with Gasteiger partial charge in [-0.3, -0.25) is 0 Å². The molecule has 0 aliphatic carbocycles. The first-order valence-electron chi connectivity index (χ1n) is 5.93. The van der Waals surface area contributed by atoms with Gasteiger partial charge in [-0.05, 0) is 36.2 Å². The third kappa shape index (κ3) is 3.07. The molecule has 106 valence electrons. The van der Waals surface area contributed by atoms with Crippen LogP contribution in [0.5, 0.6) is 5.75 Å². The molecule has 1 atom stereocenters. The first kappa shape index (κ1) is 14.7. The minimum Gasteiger partial charge on any atom is -0.496 e. The SMILES string of the molecule is COc1cccc(F)c1C(Cl)Cc1ccc(F)c(F)c1. The first-order valence-corrected chi connectivity index (χ1v) is 6.37. The van der Waals surface area contributed by atoms with Crippen LogP contribution in [-0.2, 0) is 6.42 Å². The highest BCUT2D eigenvalue weighted by Crippen LogP contribution is 2.34. The Balaban J connectivity index is 2.28. The molecule has 0 radical (unpaired) electrons. The predicted octanol–water partition coefficient (Wildman–Crippen LogP) is 4.64. The summed E-state index contributed by atoms with van der Waals surface area (Å²) < 4.78 is 44.9. The molecule has 0 bridgehead atoms. The van der Waals surface area contributed by atoms with Gasteiger partial charge in [0, 0.05) is 5.56 Å². The fourth-order valence-electron chi connectivity index (χ4n) is 1.97. The van der Waals surface area contributed by atoms with Crippen molar-refractivity contribution in [2.24, 2.45) is 0 Å². The Hall–Kier alpha value is -1.68. The molecule has 0 aliphatic heterocycles. The van der Waals surface area contributed by atoms with Crippen molar-refractivity contribution in [1.82, 2.24) is 0 Å². The zero-order valence-corrected chi connectivity index (χ0v) is 11.4. The third-order valence-corrected chi connectivity index (χ3v) is 3.32. The molecule has 2 aromatic carbocycles. The summed E-state index contributed by atoms with van der Waals surface area (Å²) in [7, 11) is 1.42. The van der Waals surface area contributed by atoms with Crippen LogP contribution in [0.25, 0.3) is 0 Å². The van der Waals surface area contributed by atoms with E-state index < -0.39 is 22.8 Å². The summed E-state index contributed by atoms with van der Waals surface area (Å²) in [6, 6.07) is 7.88. The molecule has 1 nitrogen and oxygen atoms in total. The van der Waals surface area contributed by atoms with E-state index in [1.54, 1.807) is 6.07 Å². The van der Waals surface area contributed by atoms with Crippen LogP contribution in [0.15, 0.2) is 36.4 Å². The number of halogens is 4. The summed E-state index contributed by atoms with van der Waals surface area (Å²) in [6.07, 6.45) is 0.163. The summed E-state index contributed by atoms with van der Waals surface area (Å²) >= 11 is 6.19. The lowest BCUT2D eigenvalue weighted by Crippen LogP contribution is -2.03. The Morgan fingerprint density at radius 3 is 2.45 bits per heavy atom. The monoisotopic (exact) mass is 300 g/mol. The molecule has 0 saturated carbocycles. The number of hydrogen-bond donors (Lipinski definition) is 0. The molecular weight excluding hydrogens is 289 g/mol. The van der Waals surface area contributed by atoms with Crippen molar-refractivity contribution in [3.8, 4) is 5.75 Å². The lowest BCUT2D eigenvalue weighted by Gasteiger charge is -2.15. The summed E-state index contributed by atoms with van der Waals surface area (Å²) in [4.78, 5) is 0. The minimum atomic E-state index is -0.952. The molecule has 0 spiro atoms. The fourth-order valence-corrected chi connectivity index (χ4v) is 2.36. The molecular formula is C15H12ClF3O. The molecule has 0 fully saturated rings. The van der Waals surface area contributed by atoms with Crippen LogP contribution < -0.4 is 4.74 Å². The zero-order chi connectivity index (χ0) is 14.7. The molecule has 0 aromatic heterocycles. The largest absolute Gasteiger partial charge is 0.496 e. The van der Waals surface area contributed by atoms with Crippen LogP contribution in [-0.4, -0.2) is 7.11 Å². The van der Waals surface area contributed by atoms with Crippen LogP contribution in [0.1, 0.15) is 16.5 Å². The van der Waals surface area contributed by atoms with Gasteiger partial charge in [0.15, 0.2) is 11.6 Å². The number of rotatable bonds is 4. The Morgan fingerprint density at radius 2 is 1.80 bits per heavy atom. The van der Waals surface area contributed by atoms with Crippen molar-refractivity contribution in [3.05, 3.63) is 65.0 Å².